The Morgan fingerprint density at radius 2 is 1.91 bits per heavy atom. The molecule has 0 atom stereocenters. The second-order valence-corrected chi connectivity index (χ2v) is 4.69. The zero-order chi connectivity index (χ0) is 15.5. The SMILES string of the molecule is CCOC(=O)c1nocc1C(=O)c1ccc2ccccc2c1. The van der Waals surface area contributed by atoms with E-state index in [2.05, 4.69) is 5.16 Å². The average molecular weight is 295 g/mol. The van der Waals surface area contributed by atoms with Gasteiger partial charge in [0.2, 0.25) is 5.69 Å². The zero-order valence-corrected chi connectivity index (χ0v) is 11.9. The Labute approximate surface area is 126 Å². The lowest BCUT2D eigenvalue weighted by atomic mass is 10.0. The van der Waals surface area contributed by atoms with Crippen LogP contribution in [-0.2, 0) is 4.74 Å². The van der Waals surface area contributed by atoms with Gasteiger partial charge in [-0.3, -0.25) is 4.79 Å². The van der Waals surface area contributed by atoms with E-state index < -0.39 is 5.97 Å². The van der Waals surface area contributed by atoms with E-state index in [9.17, 15) is 9.59 Å². The Balaban J connectivity index is 1.99. The van der Waals surface area contributed by atoms with Gasteiger partial charge in [-0.1, -0.05) is 41.6 Å². The molecule has 0 aliphatic carbocycles. The standard InChI is InChI=1S/C17H13NO4/c1-2-21-17(20)15-14(10-22-18-15)16(19)13-8-7-11-5-3-4-6-12(11)9-13/h3-10H,2H2,1H3. The van der Waals surface area contributed by atoms with Gasteiger partial charge in [-0.25, -0.2) is 4.79 Å². The molecule has 0 spiro atoms. The fourth-order valence-corrected chi connectivity index (χ4v) is 2.23. The third-order valence-electron chi connectivity index (χ3n) is 3.29. The van der Waals surface area contributed by atoms with Crippen LogP contribution in [-0.4, -0.2) is 23.5 Å². The number of benzene rings is 2. The summed E-state index contributed by atoms with van der Waals surface area (Å²) in [5.41, 5.74) is 0.473. The third kappa shape index (κ3) is 2.48. The van der Waals surface area contributed by atoms with Crippen LogP contribution < -0.4 is 0 Å². The van der Waals surface area contributed by atoms with Crippen LogP contribution in [0.4, 0.5) is 0 Å². The molecule has 0 aliphatic heterocycles. The molecule has 0 saturated carbocycles. The number of carbonyl (C=O) groups excluding carboxylic acids is 2. The number of carbonyl (C=O) groups is 2. The molecule has 0 radical (unpaired) electrons. The summed E-state index contributed by atoms with van der Waals surface area (Å²) in [6, 6.07) is 13.1. The molecule has 0 saturated heterocycles. The predicted molar refractivity (Wildman–Crippen MR) is 79.8 cm³/mol. The van der Waals surface area contributed by atoms with E-state index in [0.717, 1.165) is 10.8 Å². The van der Waals surface area contributed by atoms with Crippen LogP contribution in [0.15, 0.2) is 53.3 Å². The van der Waals surface area contributed by atoms with Crippen LogP contribution in [0.5, 0.6) is 0 Å². The Morgan fingerprint density at radius 3 is 2.68 bits per heavy atom. The van der Waals surface area contributed by atoms with Crippen molar-refractivity contribution in [1.82, 2.24) is 5.16 Å². The lowest BCUT2D eigenvalue weighted by Crippen LogP contribution is -2.11. The zero-order valence-electron chi connectivity index (χ0n) is 11.9. The van der Waals surface area contributed by atoms with Gasteiger partial charge in [-0.05, 0) is 23.8 Å². The summed E-state index contributed by atoms with van der Waals surface area (Å²) in [4.78, 5) is 24.4. The van der Waals surface area contributed by atoms with Gasteiger partial charge in [0.1, 0.15) is 6.26 Å². The van der Waals surface area contributed by atoms with Crippen LogP contribution in [0.1, 0.15) is 33.3 Å². The maximum atomic E-state index is 12.6. The Hall–Kier alpha value is -2.95. The van der Waals surface area contributed by atoms with E-state index in [0.29, 0.717) is 5.56 Å². The molecule has 1 heterocycles. The maximum Gasteiger partial charge on any atom is 0.361 e. The van der Waals surface area contributed by atoms with Gasteiger partial charge >= 0.3 is 5.97 Å². The number of esters is 1. The first-order valence-corrected chi connectivity index (χ1v) is 6.85. The molecule has 0 unspecified atom stereocenters. The molecule has 0 fully saturated rings. The summed E-state index contributed by atoms with van der Waals surface area (Å²) in [6.07, 6.45) is 1.17. The third-order valence-corrected chi connectivity index (χ3v) is 3.29. The highest BCUT2D eigenvalue weighted by Crippen LogP contribution is 2.20. The lowest BCUT2D eigenvalue weighted by Gasteiger charge is -2.03. The molecule has 0 bridgehead atoms. The first-order valence-electron chi connectivity index (χ1n) is 6.85. The number of fused-ring (bicyclic) bond motifs is 1. The summed E-state index contributed by atoms with van der Waals surface area (Å²) in [5, 5.41) is 5.56. The normalized spacial score (nSPS) is 10.6. The molecule has 2 aromatic carbocycles. The quantitative estimate of drug-likeness (QED) is 0.546. The number of ether oxygens (including phenoxy) is 1. The number of nitrogens with zero attached hydrogens (tertiary/aromatic N) is 1. The Morgan fingerprint density at radius 1 is 1.14 bits per heavy atom. The molecule has 1 aromatic heterocycles. The predicted octanol–water partition coefficient (Wildman–Crippen LogP) is 3.24. The summed E-state index contributed by atoms with van der Waals surface area (Å²) >= 11 is 0. The minimum atomic E-state index is -0.666. The van der Waals surface area contributed by atoms with Crippen molar-refractivity contribution in [3.05, 3.63) is 65.5 Å². The van der Waals surface area contributed by atoms with Gasteiger partial charge in [-0.15, -0.1) is 0 Å². The number of ketones is 1. The topological polar surface area (TPSA) is 69.4 Å². The summed E-state index contributed by atoms with van der Waals surface area (Å²) in [5.74, 6) is -0.990. The van der Waals surface area contributed by atoms with Crippen molar-refractivity contribution < 1.29 is 18.8 Å². The summed E-state index contributed by atoms with van der Waals surface area (Å²) in [7, 11) is 0. The highest BCUT2D eigenvalue weighted by atomic mass is 16.5. The molecule has 3 aromatic rings. The summed E-state index contributed by atoms with van der Waals surface area (Å²) < 4.78 is 9.64. The van der Waals surface area contributed by atoms with Crippen molar-refractivity contribution >= 4 is 22.5 Å². The van der Waals surface area contributed by atoms with Crippen molar-refractivity contribution in [3.63, 3.8) is 0 Å². The molecule has 0 aliphatic rings. The summed E-state index contributed by atoms with van der Waals surface area (Å²) in [6.45, 7) is 1.89. The largest absolute Gasteiger partial charge is 0.461 e. The van der Waals surface area contributed by atoms with E-state index >= 15 is 0 Å². The second kappa shape index (κ2) is 5.81. The van der Waals surface area contributed by atoms with E-state index in [1.54, 1.807) is 19.1 Å². The molecule has 3 rings (SSSR count). The average Bonchev–Trinajstić information content (AvgIpc) is 3.03. The highest BCUT2D eigenvalue weighted by Gasteiger charge is 2.24. The molecule has 5 heteroatoms. The van der Waals surface area contributed by atoms with Crippen LogP contribution in [0.25, 0.3) is 10.8 Å². The lowest BCUT2D eigenvalue weighted by molar-refractivity contribution is 0.0512. The Kier molecular flexibility index (Phi) is 3.70. The molecule has 0 amide bonds. The first-order chi connectivity index (χ1) is 10.7. The molecule has 0 N–H and O–H groups in total. The maximum absolute atomic E-state index is 12.6. The van der Waals surface area contributed by atoms with Gasteiger partial charge in [0.25, 0.3) is 0 Å². The number of aromatic nitrogens is 1. The van der Waals surface area contributed by atoms with E-state index in [4.69, 9.17) is 9.26 Å². The van der Waals surface area contributed by atoms with Gasteiger partial charge in [-0.2, -0.15) is 0 Å². The molecular formula is C17H13NO4. The van der Waals surface area contributed by atoms with Crippen LogP contribution in [0, 0.1) is 0 Å². The fraction of sp³-hybridized carbons (Fsp3) is 0.118. The first kappa shape index (κ1) is 14.0. The van der Waals surface area contributed by atoms with Crippen molar-refractivity contribution in [1.29, 1.82) is 0 Å². The van der Waals surface area contributed by atoms with E-state index in [1.807, 2.05) is 30.3 Å². The fourth-order valence-electron chi connectivity index (χ4n) is 2.23. The van der Waals surface area contributed by atoms with Gasteiger partial charge < -0.3 is 9.26 Å². The highest BCUT2D eigenvalue weighted by molar-refractivity contribution is 6.14. The van der Waals surface area contributed by atoms with Crippen molar-refractivity contribution in [3.8, 4) is 0 Å². The molecule has 110 valence electrons. The van der Waals surface area contributed by atoms with Crippen molar-refractivity contribution in [2.45, 2.75) is 6.92 Å². The van der Waals surface area contributed by atoms with Gasteiger partial charge in [0, 0.05) is 5.56 Å². The Bertz CT molecular complexity index is 850. The van der Waals surface area contributed by atoms with Gasteiger partial charge in [0.05, 0.1) is 12.2 Å². The van der Waals surface area contributed by atoms with Crippen molar-refractivity contribution in [2.24, 2.45) is 0 Å². The van der Waals surface area contributed by atoms with Gasteiger partial charge in [0.15, 0.2) is 5.78 Å². The minimum Gasteiger partial charge on any atom is -0.461 e. The molecule has 5 nitrogen and oxygen atoms in total. The van der Waals surface area contributed by atoms with Crippen LogP contribution in [0.2, 0.25) is 0 Å². The van der Waals surface area contributed by atoms with Crippen LogP contribution in [0.3, 0.4) is 0 Å². The van der Waals surface area contributed by atoms with E-state index in [1.165, 1.54) is 6.26 Å². The number of hydrogen-bond donors (Lipinski definition) is 0. The smallest absolute Gasteiger partial charge is 0.361 e. The number of hydrogen-bond acceptors (Lipinski definition) is 5. The van der Waals surface area contributed by atoms with Crippen LogP contribution >= 0.6 is 0 Å². The molecular weight excluding hydrogens is 282 g/mol. The second-order valence-electron chi connectivity index (χ2n) is 4.69. The number of rotatable bonds is 4. The van der Waals surface area contributed by atoms with E-state index in [-0.39, 0.29) is 23.6 Å². The minimum absolute atomic E-state index is 0.0972. The monoisotopic (exact) mass is 295 g/mol. The van der Waals surface area contributed by atoms with Crippen molar-refractivity contribution in [2.75, 3.05) is 6.61 Å². The molecule has 22 heavy (non-hydrogen) atoms.